The molecule has 0 radical (unpaired) electrons. The number of halogens is 2. The third-order valence-corrected chi connectivity index (χ3v) is 4.32. The first-order valence-electron chi connectivity index (χ1n) is 7.66. The summed E-state index contributed by atoms with van der Waals surface area (Å²) in [6, 6.07) is 6.46. The molecule has 0 aliphatic carbocycles. The van der Waals surface area contributed by atoms with Gasteiger partial charge in [0.05, 0.1) is 10.7 Å². The van der Waals surface area contributed by atoms with Crippen molar-refractivity contribution in [2.45, 2.75) is 18.9 Å². The van der Waals surface area contributed by atoms with Crippen LogP contribution in [0.2, 0.25) is 10.0 Å². The van der Waals surface area contributed by atoms with Crippen molar-refractivity contribution in [2.75, 3.05) is 23.3 Å². The Kier molecular flexibility index (Phi) is 5.37. The van der Waals surface area contributed by atoms with Crippen molar-refractivity contribution in [2.24, 2.45) is 0 Å². The predicted molar refractivity (Wildman–Crippen MR) is 95.9 cm³/mol. The molecule has 0 saturated carbocycles. The van der Waals surface area contributed by atoms with Crippen LogP contribution >= 0.6 is 23.2 Å². The predicted octanol–water partition coefficient (Wildman–Crippen LogP) is 3.57. The Morgan fingerprint density at radius 3 is 2.79 bits per heavy atom. The van der Waals surface area contributed by atoms with Gasteiger partial charge in [0, 0.05) is 36.5 Å². The number of hydrogen-bond acceptors (Lipinski definition) is 4. The molecule has 2 aromatic rings. The molecule has 1 aliphatic heterocycles. The smallest absolute Gasteiger partial charge is 0.319 e. The van der Waals surface area contributed by atoms with Crippen LogP contribution in [0.4, 0.5) is 16.4 Å². The standard InChI is InChI=1S/C16H17Cl2N5O/c17-11-4-5-14(13(18)9-11)22-16(24)21-12-3-1-8-23(10-12)15-19-6-2-7-20-15/h2,4-7,9,12H,1,3,8,10H2,(H2,21,22,24). The number of piperidine rings is 1. The molecule has 126 valence electrons. The zero-order valence-corrected chi connectivity index (χ0v) is 14.4. The number of nitrogens with zero attached hydrogens (tertiary/aromatic N) is 3. The monoisotopic (exact) mass is 365 g/mol. The maximum Gasteiger partial charge on any atom is 0.319 e. The molecule has 1 aromatic heterocycles. The Morgan fingerprint density at radius 2 is 2.04 bits per heavy atom. The number of carbonyl (C=O) groups is 1. The lowest BCUT2D eigenvalue weighted by Gasteiger charge is -2.33. The first-order valence-corrected chi connectivity index (χ1v) is 8.42. The van der Waals surface area contributed by atoms with E-state index < -0.39 is 0 Å². The Labute approximate surface area is 150 Å². The van der Waals surface area contributed by atoms with Crippen molar-refractivity contribution in [3.05, 3.63) is 46.7 Å². The summed E-state index contributed by atoms with van der Waals surface area (Å²) in [5.41, 5.74) is 0.526. The van der Waals surface area contributed by atoms with Gasteiger partial charge in [-0.25, -0.2) is 14.8 Å². The highest BCUT2D eigenvalue weighted by Crippen LogP contribution is 2.25. The Hall–Kier alpha value is -2.05. The molecule has 2 amide bonds. The van der Waals surface area contributed by atoms with Crippen LogP contribution in [0.15, 0.2) is 36.7 Å². The zero-order valence-electron chi connectivity index (χ0n) is 12.9. The maximum absolute atomic E-state index is 12.2. The van der Waals surface area contributed by atoms with E-state index in [1.54, 1.807) is 36.7 Å². The number of urea groups is 1. The van der Waals surface area contributed by atoms with Crippen molar-refractivity contribution in [1.82, 2.24) is 15.3 Å². The summed E-state index contributed by atoms with van der Waals surface area (Å²) in [6.45, 7) is 1.55. The van der Waals surface area contributed by atoms with Gasteiger partial charge in [0.15, 0.2) is 0 Å². The zero-order chi connectivity index (χ0) is 16.9. The van der Waals surface area contributed by atoms with Crippen LogP contribution in [0, 0.1) is 0 Å². The molecular weight excluding hydrogens is 349 g/mol. The number of carbonyl (C=O) groups excluding carboxylic acids is 1. The lowest BCUT2D eigenvalue weighted by Crippen LogP contribution is -2.49. The second-order valence-electron chi connectivity index (χ2n) is 5.56. The lowest BCUT2D eigenvalue weighted by molar-refractivity contribution is 0.246. The second-order valence-corrected chi connectivity index (χ2v) is 6.40. The molecule has 8 heteroatoms. The van der Waals surface area contributed by atoms with Crippen molar-refractivity contribution in [1.29, 1.82) is 0 Å². The van der Waals surface area contributed by atoms with Crippen molar-refractivity contribution in [3.63, 3.8) is 0 Å². The third-order valence-electron chi connectivity index (χ3n) is 3.77. The molecule has 2 heterocycles. The minimum atomic E-state index is -0.292. The fraction of sp³-hybridized carbons (Fsp3) is 0.312. The first kappa shape index (κ1) is 16.8. The summed E-state index contributed by atoms with van der Waals surface area (Å²) < 4.78 is 0. The van der Waals surface area contributed by atoms with Crippen LogP contribution in [0.3, 0.4) is 0 Å². The highest BCUT2D eigenvalue weighted by Gasteiger charge is 2.23. The Morgan fingerprint density at radius 1 is 1.25 bits per heavy atom. The van der Waals surface area contributed by atoms with E-state index in [0.717, 1.165) is 19.4 Å². The Bertz CT molecular complexity index is 713. The molecule has 1 fully saturated rings. The van der Waals surface area contributed by atoms with Gasteiger partial charge in [0.2, 0.25) is 5.95 Å². The number of rotatable bonds is 3. The molecule has 1 atom stereocenters. The number of amides is 2. The minimum absolute atomic E-state index is 0.0219. The summed E-state index contributed by atoms with van der Waals surface area (Å²) in [7, 11) is 0. The van der Waals surface area contributed by atoms with Crippen LogP contribution in [-0.4, -0.2) is 35.1 Å². The third kappa shape index (κ3) is 4.27. The summed E-state index contributed by atoms with van der Waals surface area (Å²) in [5.74, 6) is 0.685. The topological polar surface area (TPSA) is 70.2 Å². The summed E-state index contributed by atoms with van der Waals surface area (Å²) >= 11 is 11.9. The molecule has 6 nitrogen and oxygen atoms in total. The highest BCUT2D eigenvalue weighted by atomic mass is 35.5. The molecule has 3 rings (SSSR count). The highest BCUT2D eigenvalue weighted by molar-refractivity contribution is 6.36. The van der Waals surface area contributed by atoms with Gasteiger partial charge in [-0.15, -0.1) is 0 Å². The van der Waals surface area contributed by atoms with Gasteiger partial charge in [-0.2, -0.15) is 0 Å². The summed E-state index contributed by atoms with van der Waals surface area (Å²) in [4.78, 5) is 22.8. The van der Waals surface area contributed by atoms with Gasteiger partial charge in [-0.3, -0.25) is 0 Å². The van der Waals surface area contributed by atoms with E-state index in [2.05, 4.69) is 25.5 Å². The normalized spacial score (nSPS) is 17.4. The van der Waals surface area contributed by atoms with E-state index in [-0.39, 0.29) is 12.1 Å². The molecule has 0 bridgehead atoms. The van der Waals surface area contributed by atoms with Crippen molar-refractivity contribution >= 4 is 40.9 Å². The molecule has 0 spiro atoms. The number of benzene rings is 1. The van der Waals surface area contributed by atoms with Gasteiger partial charge >= 0.3 is 6.03 Å². The van der Waals surface area contributed by atoms with Crippen LogP contribution in [-0.2, 0) is 0 Å². The van der Waals surface area contributed by atoms with Crippen LogP contribution in [0.5, 0.6) is 0 Å². The molecule has 1 unspecified atom stereocenters. The fourth-order valence-electron chi connectivity index (χ4n) is 2.67. The maximum atomic E-state index is 12.2. The quantitative estimate of drug-likeness (QED) is 0.871. The summed E-state index contributed by atoms with van der Waals surface area (Å²) in [5, 5.41) is 6.65. The van der Waals surface area contributed by atoms with Gasteiger partial charge < -0.3 is 15.5 Å². The minimum Gasteiger partial charge on any atom is -0.339 e. The molecule has 1 aliphatic rings. The molecule has 2 N–H and O–H groups in total. The van der Waals surface area contributed by atoms with Crippen molar-refractivity contribution < 1.29 is 4.79 Å². The number of aromatic nitrogens is 2. The van der Waals surface area contributed by atoms with Gasteiger partial charge in [0.25, 0.3) is 0 Å². The fourth-order valence-corrected chi connectivity index (χ4v) is 3.12. The second kappa shape index (κ2) is 7.68. The molecule has 1 aromatic carbocycles. The van der Waals surface area contributed by atoms with E-state index in [9.17, 15) is 4.79 Å². The van der Waals surface area contributed by atoms with E-state index in [1.807, 2.05) is 0 Å². The Balaban J connectivity index is 1.58. The van der Waals surface area contributed by atoms with Gasteiger partial charge in [-0.05, 0) is 37.1 Å². The molecular formula is C16H17Cl2N5O. The SMILES string of the molecule is O=C(Nc1ccc(Cl)cc1Cl)NC1CCCN(c2ncccn2)C1. The van der Waals surface area contributed by atoms with Crippen LogP contribution in [0.25, 0.3) is 0 Å². The van der Waals surface area contributed by atoms with E-state index >= 15 is 0 Å². The van der Waals surface area contributed by atoms with E-state index in [4.69, 9.17) is 23.2 Å². The average Bonchev–Trinajstić information content (AvgIpc) is 2.58. The van der Waals surface area contributed by atoms with Crippen LogP contribution in [0.1, 0.15) is 12.8 Å². The first-order chi connectivity index (χ1) is 11.6. The molecule has 1 saturated heterocycles. The van der Waals surface area contributed by atoms with Crippen LogP contribution < -0.4 is 15.5 Å². The van der Waals surface area contributed by atoms with Gasteiger partial charge in [-0.1, -0.05) is 23.2 Å². The van der Waals surface area contributed by atoms with E-state index in [1.165, 1.54) is 0 Å². The van der Waals surface area contributed by atoms with Gasteiger partial charge in [0.1, 0.15) is 0 Å². The van der Waals surface area contributed by atoms with E-state index in [0.29, 0.717) is 28.2 Å². The largest absolute Gasteiger partial charge is 0.339 e. The van der Waals surface area contributed by atoms with Crippen molar-refractivity contribution in [3.8, 4) is 0 Å². The number of anilines is 2. The number of nitrogens with one attached hydrogen (secondary N) is 2. The average molecular weight is 366 g/mol. The lowest BCUT2D eigenvalue weighted by atomic mass is 10.1. The number of hydrogen-bond donors (Lipinski definition) is 2. The summed E-state index contributed by atoms with van der Waals surface area (Å²) in [6.07, 6.45) is 5.30. The molecule has 24 heavy (non-hydrogen) atoms.